The van der Waals surface area contributed by atoms with Crippen LogP contribution in [0.4, 0.5) is 0 Å². The number of alkyl halides is 1. The minimum atomic E-state index is 0.851. The van der Waals surface area contributed by atoms with Crippen molar-refractivity contribution in [1.29, 1.82) is 0 Å². The molecule has 0 unspecified atom stereocenters. The van der Waals surface area contributed by atoms with E-state index in [4.69, 9.17) is 0 Å². The summed E-state index contributed by atoms with van der Waals surface area (Å²) in [6.45, 7) is 0. The maximum Gasteiger partial charge on any atom is 0.130 e. The molecule has 0 saturated carbocycles. The van der Waals surface area contributed by atoms with E-state index >= 15 is 0 Å². The molecule has 0 aliphatic rings. The Morgan fingerprint density at radius 1 is 1.38 bits per heavy atom. The van der Waals surface area contributed by atoms with Crippen LogP contribution in [-0.4, -0.2) is 15.3 Å². The van der Waals surface area contributed by atoms with Crippen molar-refractivity contribution in [2.24, 2.45) is 0 Å². The molecule has 0 aliphatic carbocycles. The zero-order valence-corrected chi connectivity index (χ0v) is 8.58. The van der Waals surface area contributed by atoms with Crippen molar-refractivity contribution < 1.29 is 0 Å². The van der Waals surface area contributed by atoms with E-state index in [2.05, 4.69) is 25.9 Å². The number of hydrogen-bond donors (Lipinski definition) is 1. The SMILES string of the molecule is BrCC=Cc1nc2ccccc2[nH]1. The van der Waals surface area contributed by atoms with E-state index in [1.165, 1.54) is 0 Å². The molecule has 1 N–H and O–H groups in total. The molecule has 0 bridgehead atoms. The van der Waals surface area contributed by atoms with Gasteiger partial charge in [0.2, 0.25) is 0 Å². The van der Waals surface area contributed by atoms with E-state index in [-0.39, 0.29) is 0 Å². The first-order valence-electron chi connectivity index (χ1n) is 4.07. The quantitative estimate of drug-likeness (QED) is 0.799. The van der Waals surface area contributed by atoms with Gasteiger partial charge in [0, 0.05) is 5.33 Å². The third-order valence-corrected chi connectivity index (χ3v) is 2.15. The number of nitrogens with zero attached hydrogens (tertiary/aromatic N) is 1. The second kappa shape index (κ2) is 3.75. The van der Waals surface area contributed by atoms with Crippen LogP contribution in [-0.2, 0) is 0 Å². The van der Waals surface area contributed by atoms with Crippen molar-refractivity contribution in [1.82, 2.24) is 9.97 Å². The lowest BCUT2D eigenvalue weighted by Crippen LogP contribution is -1.72. The molecule has 0 fully saturated rings. The summed E-state index contributed by atoms with van der Waals surface area (Å²) in [5, 5.41) is 0.851. The van der Waals surface area contributed by atoms with Crippen molar-refractivity contribution in [3.05, 3.63) is 36.2 Å². The Bertz CT molecular complexity index is 398. The summed E-state index contributed by atoms with van der Waals surface area (Å²) in [5.41, 5.74) is 2.09. The van der Waals surface area contributed by atoms with Crippen LogP contribution >= 0.6 is 15.9 Å². The summed E-state index contributed by atoms with van der Waals surface area (Å²) < 4.78 is 0. The van der Waals surface area contributed by atoms with Gasteiger partial charge in [-0.2, -0.15) is 0 Å². The van der Waals surface area contributed by atoms with Crippen LogP contribution in [0.1, 0.15) is 5.82 Å². The molecule has 0 radical (unpaired) electrons. The van der Waals surface area contributed by atoms with Crippen LogP contribution in [0.3, 0.4) is 0 Å². The largest absolute Gasteiger partial charge is 0.338 e. The van der Waals surface area contributed by atoms with Gasteiger partial charge in [0.05, 0.1) is 11.0 Å². The number of benzene rings is 1. The lowest BCUT2D eigenvalue weighted by atomic mass is 10.3. The Balaban J connectivity index is 2.44. The number of fused-ring (bicyclic) bond motifs is 1. The Morgan fingerprint density at radius 2 is 2.23 bits per heavy atom. The van der Waals surface area contributed by atoms with Gasteiger partial charge in [-0.1, -0.05) is 34.1 Å². The number of para-hydroxylation sites is 2. The van der Waals surface area contributed by atoms with Crippen LogP contribution in [0.5, 0.6) is 0 Å². The Kier molecular flexibility index (Phi) is 2.45. The molecule has 2 nitrogen and oxygen atoms in total. The van der Waals surface area contributed by atoms with E-state index in [0.717, 1.165) is 22.2 Å². The molecule has 2 aromatic rings. The molecule has 0 amide bonds. The molecule has 1 heterocycles. The first kappa shape index (κ1) is 8.51. The summed E-state index contributed by atoms with van der Waals surface area (Å²) in [6.07, 6.45) is 3.98. The monoisotopic (exact) mass is 236 g/mol. The molecular formula is C10H9BrN2. The Morgan fingerprint density at radius 3 is 3.00 bits per heavy atom. The van der Waals surface area contributed by atoms with Gasteiger partial charge in [0.1, 0.15) is 5.82 Å². The number of hydrogen-bond acceptors (Lipinski definition) is 1. The Labute approximate surface area is 84.8 Å². The molecule has 0 spiro atoms. The number of imidazole rings is 1. The number of nitrogens with one attached hydrogen (secondary N) is 1. The van der Waals surface area contributed by atoms with Crippen molar-refractivity contribution in [2.75, 3.05) is 5.33 Å². The number of aromatic amines is 1. The second-order valence-electron chi connectivity index (χ2n) is 2.70. The predicted molar refractivity (Wildman–Crippen MR) is 58.9 cm³/mol. The number of aromatic nitrogens is 2. The topological polar surface area (TPSA) is 28.7 Å². The van der Waals surface area contributed by atoms with E-state index < -0.39 is 0 Å². The third kappa shape index (κ3) is 1.80. The van der Waals surface area contributed by atoms with Gasteiger partial charge in [-0.05, 0) is 18.2 Å². The average molecular weight is 237 g/mol. The lowest BCUT2D eigenvalue weighted by molar-refractivity contribution is 1.29. The van der Waals surface area contributed by atoms with E-state index in [1.807, 2.05) is 36.4 Å². The molecule has 1 aromatic carbocycles. The van der Waals surface area contributed by atoms with Gasteiger partial charge >= 0.3 is 0 Å². The van der Waals surface area contributed by atoms with E-state index in [1.54, 1.807) is 0 Å². The van der Waals surface area contributed by atoms with Crippen LogP contribution in [0.15, 0.2) is 30.3 Å². The normalized spacial score (nSPS) is 11.5. The highest BCUT2D eigenvalue weighted by Crippen LogP contribution is 2.10. The van der Waals surface area contributed by atoms with Crippen molar-refractivity contribution in [2.45, 2.75) is 0 Å². The number of H-pyrrole nitrogens is 1. The summed E-state index contributed by atoms with van der Waals surface area (Å²) >= 11 is 3.32. The minimum absolute atomic E-state index is 0.851. The van der Waals surface area contributed by atoms with Crippen LogP contribution < -0.4 is 0 Å². The fraction of sp³-hybridized carbons (Fsp3) is 0.100. The predicted octanol–water partition coefficient (Wildman–Crippen LogP) is 2.97. The summed E-state index contributed by atoms with van der Waals surface area (Å²) in [4.78, 5) is 7.60. The van der Waals surface area contributed by atoms with Gasteiger partial charge in [0.15, 0.2) is 0 Å². The highest BCUT2D eigenvalue weighted by Gasteiger charge is 1.96. The van der Waals surface area contributed by atoms with Gasteiger partial charge in [-0.15, -0.1) is 0 Å². The Hall–Kier alpha value is -1.09. The highest BCUT2D eigenvalue weighted by atomic mass is 79.9. The third-order valence-electron chi connectivity index (χ3n) is 1.77. The van der Waals surface area contributed by atoms with Crippen molar-refractivity contribution in [3.63, 3.8) is 0 Å². The number of halogens is 1. The van der Waals surface area contributed by atoms with Crippen molar-refractivity contribution >= 4 is 33.0 Å². The van der Waals surface area contributed by atoms with Gasteiger partial charge in [-0.3, -0.25) is 0 Å². The van der Waals surface area contributed by atoms with Crippen LogP contribution in [0.25, 0.3) is 17.1 Å². The molecule has 3 heteroatoms. The zero-order valence-electron chi connectivity index (χ0n) is 7.00. The van der Waals surface area contributed by atoms with Crippen LogP contribution in [0, 0.1) is 0 Å². The molecule has 2 rings (SSSR count). The molecule has 13 heavy (non-hydrogen) atoms. The highest BCUT2D eigenvalue weighted by molar-refractivity contribution is 9.09. The van der Waals surface area contributed by atoms with E-state index in [9.17, 15) is 0 Å². The number of rotatable bonds is 2. The molecular weight excluding hydrogens is 228 g/mol. The lowest BCUT2D eigenvalue weighted by Gasteiger charge is -1.81. The summed E-state index contributed by atoms with van der Waals surface area (Å²) in [5.74, 6) is 0.903. The zero-order chi connectivity index (χ0) is 9.10. The van der Waals surface area contributed by atoms with Gasteiger partial charge in [-0.25, -0.2) is 4.98 Å². The molecule has 1 aromatic heterocycles. The first-order valence-corrected chi connectivity index (χ1v) is 5.19. The first-order chi connectivity index (χ1) is 6.40. The fourth-order valence-electron chi connectivity index (χ4n) is 1.21. The maximum absolute atomic E-state index is 4.39. The van der Waals surface area contributed by atoms with E-state index in [0.29, 0.717) is 0 Å². The average Bonchev–Trinajstić information content (AvgIpc) is 2.57. The van der Waals surface area contributed by atoms with Gasteiger partial charge in [0.25, 0.3) is 0 Å². The molecule has 66 valence electrons. The van der Waals surface area contributed by atoms with Gasteiger partial charge < -0.3 is 4.98 Å². The number of allylic oxidation sites excluding steroid dienone is 1. The summed E-state index contributed by atoms with van der Waals surface area (Å²) in [7, 11) is 0. The summed E-state index contributed by atoms with van der Waals surface area (Å²) in [6, 6.07) is 8.00. The molecule has 0 atom stereocenters. The minimum Gasteiger partial charge on any atom is -0.338 e. The standard InChI is InChI=1S/C10H9BrN2/c11-7-3-6-10-12-8-4-1-2-5-9(8)13-10/h1-6H,7H2,(H,12,13). The fourth-order valence-corrected chi connectivity index (χ4v) is 1.39. The molecule has 0 saturated heterocycles. The second-order valence-corrected chi connectivity index (χ2v) is 3.34. The van der Waals surface area contributed by atoms with Crippen molar-refractivity contribution in [3.8, 4) is 0 Å². The molecule has 0 aliphatic heterocycles. The maximum atomic E-state index is 4.39. The smallest absolute Gasteiger partial charge is 0.130 e. The van der Waals surface area contributed by atoms with Crippen LogP contribution in [0.2, 0.25) is 0 Å².